The number of ether oxygens (including phenoxy) is 3. The van der Waals surface area contributed by atoms with Crippen molar-refractivity contribution in [3.8, 4) is 0 Å². The minimum absolute atomic E-state index is 0.485. The smallest absolute Gasteiger partial charge is 0.352 e. The molecule has 0 aliphatic carbocycles. The highest BCUT2D eigenvalue weighted by molar-refractivity contribution is 6.02. The zero-order valence-corrected chi connectivity index (χ0v) is 15.6. The Morgan fingerprint density at radius 1 is 0.862 bits per heavy atom. The molecule has 2 unspecified atom stereocenters. The van der Waals surface area contributed by atoms with Gasteiger partial charge in [0, 0.05) is 25.6 Å². The lowest BCUT2D eigenvalue weighted by Crippen LogP contribution is -2.19. The van der Waals surface area contributed by atoms with Gasteiger partial charge in [-0.1, -0.05) is 0 Å². The van der Waals surface area contributed by atoms with Crippen molar-refractivity contribution in [1.29, 1.82) is 0 Å². The first-order chi connectivity index (χ1) is 14.0. The third-order valence-corrected chi connectivity index (χ3v) is 4.90. The van der Waals surface area contributed by atoms with Gasteiger partial charge in [0.15, 0.2) is 0 Å². The number of halogens is 2. The van der Waals surface area contributed by atoms with E-state index in [4.69, 9.17) is 9.47 Å². The molecule has 11 heteroatoms. The standard InChI is InChI=1S/C18H20F2N4O5/c19-15-11(9-23(21-15)13-5-1-3-7-27-13)17(25)29-18(26)12-10-24(22-16(12)20)14-6-2-4-8-28-14/h9-10,13-14H,1-8H2. The van der Waals surface area contributed by atoms with Gasteiger partial charge in [-0.05, 0) is 38.5 Å². The Morgan fingerprint density at radius 3 is 1.69 bits per heavy atom. The van der Waals surface area contributed by atoms with Gasteiger partial charge in [0.1, 0.15) is 23.6 Å². The Morgan fingerprint density at radius 2 is 1.31 bits per heavy atom. The van der Waals surface area contributed by atoms with E-state index < -0.39 is 47.4 Å². The second kappa shape index (κ2) is 8.37. The molecule has 0 spiro atoms. The molecular formula is C18H20F2N4O5. The summed E-state index contributed by atoms with van der Waals surface area (Å²) in [5, 5.41) is 7.25. The second-order valence-corrected chi connectivity index (χ2v) is 6.95. The van der Waals surface area contributed by atoms with Crippen LogP contribution in [-0.4, -0.2) is 44.7 Å². The Bertz CT molecular complexity index is 828. The molecule has 0 saturated carbocycles. The van der Waals surface area contributed by atoms with Crippen LogP contribution in [0, 0.1) is 11.9 Å². The maximum absolute atomic E-state index is 14.1. The van der Waals surface area contributed by atoms with Crippen molar-refractivity contribution in [2.45, 2.75) is 51.0 Å². The van der Waals surface area contributed by atoms with E-state index in [1.807, 2.05) is 0 Å². The van der Waals surface area contributed by atoms with Crippen LogP contribution < -0.4 is 0 Å². The van der Waals surface area contributed by atoms with Gasteiger partial charge in [-0.3, -0.25) is 0 Å². The molecule has 0 amide bonds. The summed E-state index contributed by atoms with van der Waals surface area (Å²) in [7, 11) is 0. The first-order valence-corrected chi connectivity index (χ1v) is 9.52. The van der Waals surface area contributed by atoms with E-state index in [1.165, 1.54) is 9.36 Å². The van der Waals surface area contributed by atoms with E-state index in [-0.39, 0.29) is 0 Å². The monoisotopic (exact) mass is 410 g/mol. The third-order valence-electron chi connectivity index (χ3n) is 4.90. The summed E-state index contributed by atoms with van der Waals surface area (Å²) in [5.74, 6) is -4.72. The summed E-state index contributed by atoms with van der Waals surface area (Å²) in [6.07, 6.45) is 6.10. The van der Waals surface area contributed by atoms with Gasteiger partial charge in [-0.15, -0.1) is 10.2 Å². The topological polar surface area (TPSA) is 97.5 Å². The van der Waals surface area contributed by atoms with Crippen molar-refractivity contribution in [3.63, 3.8) is 0 Å². The van der Waals surface area contributed by atoms with Crippen LogP contribution in [0.5, 0.6) is 0 Å². The van der Waals surface area contributed by atoms with Crippen LogP contribution in [0.2, 0.25) is 0 Å². The van der Waals surface area contributed by atoms with Crippen molar-refractivity contribution in [2.24, 2.45) is 0 Å². The lowest BCUT2D eigenvalue weighted by molar-refractivity contribution is -0.0403. The van der Waals surface area contributed by atoms with Crippen LogP contribution in [0.15, 0.2) is 12.4 Å². The van der Waals surface area contributed by atoms with E-state index in [0.29, 0.717) is 26.1 Å². The number of carbonyl (C=O) groups excluding carboxylic acids is 2. The van der Waals surface area contributed by atoms with Crippen LogP contribution in [0.3, 0.4) is 0 Å². The second-order valence-electron chi connectivity index (χ2n) is 6.95. The molecule has 0 aromatic carbocycles. The fraction of sp³-hybridized carbons (Fsp3) is 0.556. The summed E-state index contributed by atoms with van der Waals surface area (Å²) >= 11 is 0. The summed E-state index contributed by atoms with van der Waals surface area (Å²) in [6, 6.07) is 0. The lowest BCUT2D eigenvalue weighted by Gasteiger charge is -2.22. The van der Waals surface area contributed by atoms with Gasteiger partial charge >= 0.3 is 11.9 Å². The summed E-state index contributed by atoms with van der Waals surface area (Å²) in [4.78, 5) is 24.4. The SMILES string of the molecule is O=C(OC(=O)c1cn(C2CCCCO2)nc1F)c1cn(C2CCCCO2)nc1F. The summed E-state index contributed by atoms with van der Waals surface area (Å²) in [6.45, 7) is 1.02. The fourth-order valence-corrected chi connectivity index (χ4v) is 3.37. The first-order valence-electron chi connectivity index (χ1n) is 9.52. The Hall–Kier alpha value is -2.66. The zero-order valence-electron chi connectivity index (χ0n) is 15.6. The molecule has 2 aliphatic heterocycles. The highest BCUT2D eigenvalue weighted by atomic mass is 19.1. The number of rotatable bonds is 4. The molecule has 2 fully saturated rings. The van der Waals surface area contributed by atoms with Crippen LogP contribution in [-0.2, 0) is 14.2 Å². The lowest BCUT2D eigenvalue weighted by atomic mass is 10.2. The number of hydrogen-bond acceptors (Lipinski definition) is 7. The van der Waals surface area contributed by atoms with Gasteiger partial charge in [0.2, 0.25) is 11.9 Å². The van der Waals surface area contributed by atoms with Gasteiger partial charge in [0.25, 0.3) is 0 Å². The molecule has 9 nitrogen and oxygen atoms in total. The van der Waals surface area contributed by atoms with Gasteiger partial charge in [-0.2, -0.15) is 8.78 Å². The van der Waals surface area contributed by atoms with E-state index >= 15 is 0 Å². The predicted molar refractivity (Wildman–Crippen MR) is 91.8 cm³/mol. The zero-order chi connectivity index (χ0) is 20.4. The van der Waals surface area contributed by atoms with E-state index in [0.717, 1.165) is 38.1 Å². The molecule has 29 heavy (non-hydrogen) atoms. The highest BCUT2D eigenvalue weighted by Crippen LogP contribution is 2.24. The maximum atomic E-state index is 14.1. The van der Waals surface area contributed by atoms with Crippen molar-refractivity contribution in [1.82, 2.24) is 19.6 Å². The van der Waals surface area contributed by atoms with Crippen LogP contribution >= 0.6 is 0 Å². The number of aromatic nitrogens is 4. The minimum atomic E-state index is -1.27. The normalized spacial score (nSPS) is 22.4. The third kappa shape index (κ3) is 4.20. The first kappa shape index (κ1) is 19.6. The van der Waals surface area contributed by atoms with Gasteiger partial charge < -0.3 is 14.2 Å². The van der Waals surface area contributed by atoms with Crippen molar-refractivity contribution in [2.75, 3.05) is 13.2 Å². The number of nitrogens with zero attached hydrogens (tertiary/aromatic N) is 4. The van der Waals surface area contributed by atoms with E-state index in [2.05, 4.69) is 14.9 Å². The summed E-state index contributed by atoms with van der Waals surface area (Å²) < 4.78 is 46.2. The number of hydrogen-bond donors (Lipinski definition) is 0. The Balaban J connectivity index is 1.45. The predicted octanol–water partition coefficient (Wildman–Crippen LogP) is 2.75. The molecule has 2 aliphatic rings. The maximum Gasteiger partial charge on any atom is 0.352 e. The minimum Gasteiger partial charge on any atom is -0.385 e. The average Bonchev–Trinajstić information content (AvgIpc) is 3.32. The molecule has 0 bridgehead atoms. The van der Waals surface area contributed by atoms with Gasteiger partial charge in [0.05, 0.1) is 0 Å². The van der Waals surface area contributed by atoms with Crippen LogP contribution in [0.1, 0.15) is 71.7 Å². The molecular weight excluding hydrogens is 390 g/mol. The quantitative estimate of drug-likeness (QED) is 0.565. The van der Waals surface area contributed by atoms with Gasteiger partial charge in [-0.25, -0.2) is 19.0 Å². The van der Waals surface area contributed by atoms with E-state index in [1.54, 1.807) is 0 Å². The number of esters is 2. The molecule has 2 aromatic rings. The molecule has 2 atom stereocenters. The molecule has 0 N–H and O–H groups in total. The van der Waals surface area contributed by atoms with E-state index in [9.17, 15) is 18.4 Å². The summed E-state index contributed by atoms with van der Waals surface area (Å²) in [5.41, 5.74) is -1.06. The molecule has 0 radical (unpaired) electrons. The molecule has 2 aromatic heterocycles. The molecule has 4 rings (SSSR count). The number of carbonyl (C=O) groups is 2. The highest BCUT2D eigenvalue weighted by Gasteiger charge is 2.28. The average molecular weight is 410 g/mol. The Kier molecular flexibility index (Phi) is 5.67. The Labute approximate surface area is 164 Å². The van der Waals surface area contributed by atoms with Crippen molar-refractivity contribution >= 4 is 11.9 Å². The molecule has 2 saturated heterocycles. The van der Waals surface area contributed by atoms with Crippen LogP contribution in [0.25, 0.3) is 0 Å². The molecule has 156 valence electrons. The van der Waals surface area contributed by atoms with Crippen molar-refractivity contribution < 1.29 is 32.6 Å². The molecule has 4 heterocycles. The fourth-order valence-electron chi connectivity index (χ4n) is 3.37. The van der Waals surface area contributed by atoms with Crippen LogP contribution in [0.4, 0.5) is 8.78 Å². The largest absolute Gasteiger partial charge is 0.385 e. The van der Waals surface area contributed by atoms with Crippen molar-refractivity contribution in [3.05, 3.63) is 35.4 Å².